The summed E-state index contributed by atoms with van der Waals surface area (Å²) in [5.41, 5.74) is 6.68. The van der Waals surface area contributed by atoms with E-state index < -0.39 is 0 Å². The third kappa shape index (κ3) is 1.34. The second-order valence-corrected chi connectivity index (χ2v) is 2.73. The molecule has 2 aromatic heterocycles. The Morgan fingerprint density at radius 1 is 1.60 bits per heavy atom. The number of aromatic nitrogens is 3. The maximum atomic E-state index is 10.2. The minimum Gasteiger partial charge on any atom is -0.381 e. The van der Waals surface area contributed by atoms with Gasteiger partial charge in [-0.2, -0.15) is 5.26 Å². The first-order valence-electron chi connectivity index (χ1n) is 4.01. The number of carbonyl (C=O) groups is 1. The van der Waals surface area contributed by atoms with Crippen LogP contribution in [0.5, 0.6) is 0 Å². The number of hydrogen-bond donors (Lipinski definition) is 3. The molecular formula is C8H6N6O. The van der Waals surface area contributed by atoms with Gasteiger partial charge in [0.25, 0.3) is 0 Å². The number of nitrogen functional groups attached to an aromatic ring is 1. The van der Waals surface area contributed by atoms with Crippen molar-refractivity contribution in [3.05, 3.63) is 11.8 Å². The number of rotatable bonds is 2. The number of anilines is 2. The highest BCUT2D eigenvalue weighted by Gasteiger charge is 2.10. The van der Waals surface area contributed by atoms with E-state index in [2.05, 4.69) is 20.3 Å². The van der Waals surface area contributed by atoms with E-state index in [-0.39, 0.29) is 11.6 Å². The lowest BCUT2D eigenvalue weighted by molar-refractivity contribution is -0.105. The van der Waals surface area contributed by atoms with Crippen LogP contribution in [0.2, 0.25) is 0 Å². The lowest BCUT2D eigenvalue weighted by Gasteiger charge is -2.01. The Morgan fingerprint density at radius 2 is 2.40 bits per heavy atom. The summed E-state index contributed by atoms with van der Waals surface area (Å²) in [6.07, 6.45) is 1.93. The molecule has 0 radical (unpaired) electrons. The molecule has 7 nitrogen and oxygen atoms in total. The fourth-order valence-electron chi connectivity index (χ4n) is 1.19. The maximum Gasteiger partial charge on any atom is 0.212 e. The van der Waals surface area contributed by atoms with Crippen molar-refractivity contribution in [1.82, 2.24) is 15.0 Å². The first-order chi connectivity index (χ1) is 7.26. The van der Waals surface area contributed by atoms with Gasteiger partial charge in [-0.25, -0.2) is 9.97 Å². The van der Waals surface area contributed by atoms with Gasteiger partial charge in [0.1, 0.15) is 11.6 Å². The number of nitrogens with two attached hydrogens (primary N) is 1. The molecule has 1 amide bonds. The number of fused-ring (bicyclic) bond motifs is 1. The SMILES string of the molecule is N#Cc1c[nH]c2nc(N)c(NC=O)nc12. The van der Waals surface area contributed by atoms with Crippen molar-refractivity contribution in [3.63, 3.8) is 0 Å². The minimum absolute atomic E-state index is 0.0981. The quantitative estimate of drug-likeness (QED) is 0.591. The van der Waals surface area contributed by atoms with Crippen molar-refractivity contribution >= 4 is 29.2 Å². The van der Waals surface area contributed by atoms with Crippen LogP contribution in [0.1, 0.15) is 5.56 Å². The molecule has 0 bridgehead atoms. The zero-order valence-corrected chi connectivity index (χ0v) is 7.48. The number of nitriles is 1. The molecule has 0 atom stereocenters. The monoisotopic (exact) mass is 202 g/mol. The normalized spacial score (nSPS) is 9.80. The number of H-pyrrole nitrogens is 1. The molecule has 2 heterocycles. The van der Waals surface area contributed by atoms with Crippen molar-refractivity contribution in [2.75, 3.05) is 11.1 Å². The fourth-order valence-corrected chi connectivity index (χ4v) is 1.19. The second kappa shape index (κ2) is 3.26. The number of carbonyl (C=O) groups excluding carboxylic acids is 1. The Bertz CT molecular complexity index is 566. The molecule has 0 aliphatic rings. The number of aromatic amines is 1. The van der Waals surface area contributed by atoms with E-state index in [0.717, 1.165) is 0 Å². The Morgan fingerprint density at radius 3 is 3.07 bits per heavy atom. The number of amides is 1. The summed E-state index contributed by atoms with van der Waals surface area (Å²) in [6, 6.07) is 1.95. The highest BCUT2D eigenvalue weighted by Crippen LogP contribution is 2.19. The van der Waals surface area contributed by atoms with Crippen LogP contribution in [0.4, 0.5) is 11.6 Å². The predicted molar refractivity (Wildman–Crippen MR) is 52.7 cm³/mol. The number of nitrogens with zero attached hydrogens (tertiary/aromatic N) is 3. The second-order valence-electron chi connectivity index (χ2n) is 2.73. The molecule has 0 fully saturated rings. The average Bonchev–Trinajstić information content (AvgIpc) is 2.61. The van der Waals surface area contributed by atoms with Crippen molar-refractivity contribution in [2.24, 2.45) is 0 Å². The van der Waals surface area contributed by atoms with Gasteiger partial charge in [0.2, 0.25) is 6.41 Å². The van der Waals surface area contributed by atoms with Gasteiger partial charge in [0.15, 0.2) is 17.3 Å². The lowest BCUT2D eigenvalue weighted by Crippen LogP contribution is -2.04. The molecule has 0 unspecified atom stereocenters. The zero-order chi connectivity index (χ0) is 10.8. The molecule has 0 aliphatic carbocycles. The van der Waals surface area contributed by atoms with E-state index in [4.69, 9.17) is 11.0 Å². The number of hydrogen-bond acceptors (Lipinski definition) is 5. The molecule has 0 spiro atoms. The molecule has 4 N–H and O–H groups in total. The first-order valence-corrected chi connectivity index (χ1v) is 4.01. The zero-order valence-electron chi connectivity index (χ0n) is 7.48. The van der Waals surface area contributed by atoms with Gasteiger partial charge in [-0.15, -0.1) is 0 Å². The van der Waals surface area contributed by atoms with Gasteiger partial charge in [0, 0.05) is 6.20 Å². The van der Waals surface area contributed by atoms with Crippen LogP contribution in [0.3, 0.4) is 0 Å². The van der Waals surface area contributed by atoms with Crippen LogP contribution in [0, 0.1) is 11.3 Å². The van der Waals surface area contributed by atoms with E-state index in [0.29, 0.717) is 23.1 Å². The molecule has 0 saturated carbocycles. The van der Waals surface area contributed by atoms with Gasteiger partial charge >= 0.3 is 0 Å². The smallest absolute Gasteiger partial charge is 0.212 e. The van der Waals surface area contributed by atoms with Gasteiger partial charge in [0.05, 0.1) is 5.56 Å². The Kier molecular flexibility index (Phi) is 1.95. The predicted octanol–water partition coefficient (Wildman–Crippen LogP) is -0.0199. The van der Waals surface area contributed by atoms with Crippen molar-refractivity contribution in [3.8, 4) is 6.07 Å². The summed E-state index contributed by atoms with van der Waals surface area (Å²) >= 11 is 0. The van der Waals surface area contributed by atoms with Gasteiger partial charge in [-0.1, -0.05) is 0 Å². The Hall–Kier alpha value is -2.62. The standard InChI is InChI=1S/C8H6N6O/c9-1-4-2-11-7-5(4)13-8(12-3-15)6(10)14-7/h2-3H,(H3,10,11,14)(H,12,13,15). The van der Waals surface area contributed by atoms with Crippen LogP contribution in [0.25, 0.3) is 11.2 Å². The van der Waals surface area contributed by atoms with Crippen molar-refractivity contribution in [1.29, 1.82) is 5.26 Å². The summed E-state index contributed by atoms with van der Waals surface area (Å²) in [5, 5.41) is 11.1. The summed E-state index contributed by atoms with van der Waals surface area (Å²) in [6.45, 7) is 0. The van der Waals surface area contributed by atoms with Crippen LogP contribution in [-0.2, 0) is 4.79 Å². The maximum absolute atomic E-state index is 10.2. The van der Waals surface area contributed by atoms with E-state index >= 15 is 0 Å². The highest BCUT2D eigenvalue weighted by atomic mass is 16.1. The average molecular weight is 202 g/mol. The third-order valence-corrected chi connectivity index (χ3v) is 1.85. The van der Waals surface area contributed by atoms with Gasteiger partial charge in [-0.3, -0.25) is 4.79 Å². The van der Waals surface area contributed by atoms with E-state index in [1.165, 1.54) is 6.20 Å². The summed E-state index contributed by atoms with van der Waals surface area (Å²) < 4.78 is 0. The molecule has 15 heavy (non-hydrogen) atoms. The molecule has 0 saturated heterocycles. The lowest BCUT2D eigenvalue weighted by atomic mass is 10.3. The molecular weight excluding hydrogens is 196 g/mol. The summed E-state index contributed by atoms with van der Waals surface area (Å²) in [7, 11) is 0. The number of nitrogens with one attached hydrogen (secondary N) is 2. The van der Waals surface area contributed by atoms with Crippen LogP contribution in [-0.4, -0.2) is 21.4 Å². The largest absolute Gasteiger partial charge is 0.381 e. The van der Waals surface area contributed by atoms with Crippen molar-refractivity contribution in [2.45, 2.75) is 0 Å². The molecule has 0 aromatic carbocycles. The Labute approximate surface area is 83.9 Å². The van der Waals surface area contributed by atoms with E-state index in [1.54, 1.807) is 0 Å². The molecule has 2 rings (SSSR count). The molecule has 74 valence electrons. The molecule has 0 aliphatic heterocycles. The molecule has 7 heteroatoms. The fraction of sp³-hybridized carbons (Fsp3) is 0. The van der Waals surface area contributed by atoms with Gasteiger partial charge < -0.3 is 16.0 Å². The first kappa shape index (κ1) is 8.96. The molecule has 2 aromatic rings. The Balaban J connectivity index is 2.70. The third-order valence-electron chi connectivity index (χ3n) is 1.85. The van der Waals surface area contributed by atoms with Crippen LogP contribution >= 0.6 is 0 Å². The topological polar surface area (TPSA) is 120 Å². The van der Waals surface area contributed by atoms with Gasteiger partial charge in [-0.05, 0) is 0 Å². The van der Waals surface area contributed by atoms with Crippen LogP contribution in [0.15, 0.2) is 6.20 Å². The summed E-state index contributed by atoms with van der Waals surface area (Å²) in [4.78, 5) is 21.0. The van der Waals surface area contributed by atoms with Crippen LogP contribution < -0.4 is 11.1 Å². The van der Waals surface area contributed by atoms with Crippen molar-refractivity contribution < 1.29 is 4.79 Å². The summed E-state index contributed by atoms with van der Waals surface area (Å²) in [5.74, 6) is 0.245. The minimum atomic E-state index is 0.0981. The van der Waals surface area contributed by atoms with E-state index in [1.807, 2.05) is 6.07 Å². The van der Waals surface area contributed by atoms with E-state index in [9.17, 15) is 4.79 Å². The highest BCUT2D eigenvalue weighted by molar-refractivity contribution is 5.85.